The molecule has 0 aliphatic carbocycles. The molecule has 0 aromatic carbocycles. The third-order valence-electron chi connectivity index (χ3n) is 1.18. The fourth-order valence-corrected chi connectivity index (χ4v) is 0.525. The van der Waals surface area contributed by atoms with Gasteiger partial charge in [0.25, 0.3) is 0 Å². The minimum Gasteiger partial charge on any atom is -0.372 e. The van der Waals surface area contributed by atoms with Gasteiger partial charge in [-0.1, -0.05) is 5.92 Å². The molecule has 1 amide bonds. The third kappa shape index (κ3) is 4.40. The molecule has 0 N–H and O–H groups in total. The van der Waals surface area contributed by atoms with E-state index in [9.17, 15) is 4.79 Å². The van der Waals surface area contributed by atoms with E-state index in [-0.39, 0.29) is 12.5 Å². The lowest BCUT2D eigenvalue weighted by atomic mass is 10.5. The van der Waals surface area contributed by atoms with Gasteiger partial charge in [0.15, 0.2) is 0 Å². The van der Waals surface area contributed by atoms with Crippen LogP contribution in [0.3, 0.4) is 0 Å². The Hall–Kier alpha value is -1.01. The second-order valence-electron chi connectivity index (χ2n) is 2.09. The van der Waals surface area contributed by atoms with Crippen LogP contribution in [0.25, 0.3) is 0 Å². The van der Waals surface area contributed by atoms with Gasteiger partial charge in [-0.2, -0.15) is 0 Å². The van der Waals surface area contributed by atoms with Crippen LogP contribution >= 0.6 is 0 Å². The summed E-state index contributed by atoms with van der Waals surface area (Å²) in [5.74, 6) is 2.30. The van der Waals surface area contributed by atoms with Crippen LogP contribution in [0.2, 0.25) is 0 Å². The zero-order valence-corrected chi connectivity index (χ0v) is 6.96. The van der Waals surface area contributed by atoms with Gasteiger partial charge in [-0.3, -0.25) is 4.79 Å². The summed E-state index contributed by atoms with van der Waals surface area (Å²) in [6.07, 6.45) is 5.01. The first kappa shape index (κ1) is 9.99. The highest BCUT2D eigenvalue weighted by atomic mass is 16.5. The number of terminal acetylenes is 1. The van der Waals surface area contributed by atoms with Gasteiger partial charge in [-0.05, 0) is 6.92 Å². The molecule has 11 heavy (non-hydrogen) atoms. The number of ether oxygens (including phenoxy) is 1. The molecule has 0 aromatic rings. The van der Waals surface area contributed by atoms with Gasteiger partial charge in [0, 0.05) is 13.7 Å². The molecule has 0 aliphatic rings. The van der Waals surface area contributed by atoms with E-state index in [0.29, 0.717) is 13.2 Å². The van der Waals surface area contributed by atoms with Crippen LogP contribution in [0, 0.1) is 12.3 Å². The molecule has 3 nitrogen and oxygen atoms in total. The summed E-state index contributed by atoms with van der Waals surface area (Å²) >= 11 is 0. The molecule has 0 saturated heterocycles. The zero-order chi connectivity index (χ0) is 8.69. The molecule has 0 aromatic heterocycles. The van der Waals surface area contributed by atoms with Gasteiger partial charge < -0.3 is 9.64 Å². The number of likely N-dealkylation sites (N-methyl/N-ethyl adjacent to an activating group) is 1. The predicted molar refractivity (Wildman–Crippen MR) is 43.0 cm³/mol. The summed E-state index contributed by atoms with van der Waals surface area (Å²) < 4.78 is 4.90. The maximum Gasteiger partial charge on any atom is 0.249 e. The van der Waals surface area contributed by atoms with Gasteiger partial charge in [0.05, 0.1) is 6.54 Å². The van der Waals surface area contributed by atoms with Crippen LogP contribution in [0.4, 0.5) is 0 Å². The number of amides is 1. The van der Waals surface area contributed by atoms with Crippen molar-refractivity contribution in [1.82, 2.24) is 4.90 Å². The van der Waals surface area contributed by atoms with E-state index in [1.165, 1.54) is 4.90 Å². The van der Waals surface area contributed by atoms with Gasteiger partial charge in [-0.15, -0.1) is 6.42 Å². The molecule has 0 fully saturated rings. The monoisotopic (exact) mass is 155 g/mol. The molecule has 62 valence electrons. The van der Waals surface area contributed by atoms with Crippen molar-refractivity contribution in [2.45, 2.75) is 6.92 Å². The molecule has 0 aliphatic heterocycles. The number of hydrogen-bond acceptors (Lipinski definition) is 2. The van der Waals surface area contributed by atoms with E-state index in [4.69, 9.17) is 11.2 Å². The summed E-state index contributed by atoms with van der Waals surface area (Å²) in [5.41, 5.74) is 0. The van der Waals surface area contributed by atoms with E-state index in [1.807, 2.05) is 6.92 Å². The maximum atomic E-state index is 11.0. The van der Waals surface area contributed by atoms with Gasteiger partial charge in [0.1, 0.15) is 6.61 Å². The Morgan fingerprint density at radius 3 is 2.82 bits per heavy atom. The van der Waals surface area contributed by atoms with E-state index in [2.05, 4.69) is 5.92 Å². The lowest BCUT2D eigenvalue weighted by molar-refractivity contribution is -0.134. The number of nitrogens with zero attached hydrogens (tertiary/aromatic N) is 1. The fourth-order valence-electron chi connectivity index (χ4n) is 0.525. The minimum absolute atomic E-state index is 0.0789. The summed E-state index contributed by atoms with van der Waals surface area (Å²) in [6.45, 7) is 2.85. The number of carbonyl (C=O) groups excluding carboxylic acids is 1. The highest BCUT2D eigenvalue weighted by molar-refractivity contribution is 5.77. The zero-order valence-electron chi connectivity index (χ0n) is 6.96. The highest BCUT2D eigenvalue weighted by Gasteiger charge is 2.05. The molecule has 0 atom stereocenters. The Balaban J connectivity index is 3.57. The maximum absolute atomic E-state index is 11.0. The molecule has 0 rings (SSSR count). The number of rotatable bonds is 4. The van der Waals surface area contributed by atoms with Gasteiger partial charge in [-0.25, -0.2) is 0 Å². The third-order valence-corrected chi connectivity index (χ3v) is 1.18. The second kappa shape index (κ2) is 5.75. The lowest BCUT2D eigenvalue weighted by Gasteiger charge is -2.12. The van der Waals surface area contributed by atoms with Crippen LogP contribution < -0.4 is 0 Å². The van der Waals surface area contributed by atoms with Crippen molar-refractivity contribution >= 4 is 5.91 Å². The van der Waals surface area contributed by atoms with Crippen LogP contribution in [-0.4, -0.2) is 37.6 Å². The summed E-state index contributed by atoms with van der Waals surface area (Å²) in [7, 11) is 1.65. The Kier molecular flexibility index (Phi) is 5.22. The first-order chi connectivity index (χ1) is 5.22. The van der Waals surface area contributed by atoms with E-state index in [1.54, 1.807) is 7.05 Å². The molecule has 0 saturated carbocycles. The molecular weight excluding hydrogens is 142 g/mol. The molecule has 0 spiro atoms. The van der Waals surface area contributed by atoms with Gasteiger partial charge in [0.2, 0.25) is 5.91 Å². The summed E-state index contributed by atoms with van der Waals surface area (Å²) in [4.78, 5) is 12.5. The highest BCUT2D eigenvalue weighted by Crippen LogP contribution is 1.84. The fraction of sp³-hybridized carbons (Fsp3) is 0.625. The molecule has 0 bridgehead atoms. The van der Waals surface area contributed by atoms with E-state index >= 15 is 0 Å². The largest absolute Gasteiger partial charge is 0.372 e. The van der Waals surface area contributed by atoms with Crippen LogP contribution in [0.1, 0.15) is 6.92 Å². The van der Waals surface area contributed by atoms with Crippen molar-refractivity contribution in [3.8, 4) is 12.3 Å². The average Bonchev–Trinajstić information content (AvgIpc) is 2.00. The van der Waals surface area contributed by atoms with Crippen LogP contribution in [-0.2, 0) is 9.53 Å². The molecule has 0 heterocycles. The van der Waals surface area contributed by atoms with E-state index in [0.717, 1.165) is 0 Å². The van der Waals surface area contributed by atoms with Crippen LogP contribution in [0.5, 0.6) is 0 Å². The van der Waals surface area contributed by atoms with Crippen molar-refractivity contribution in [2.75, 3.05) is 26.8 Å². The van der Waals surface area contributed by atoms with Crippen molar-refractivity contribution in [3.05, 3.63) is 0 Å². The number of carbonyl (C=O) groups is 1. The average molecular weight is 155 g/mol. The van der Waals surface area contributed by atoms with E-state index < -0.39 is 0 Å². The SMILES string of the molecule is C#CCN(C)C(=O)COCC. The first-order valence-corrected chi connectivity index (χ1v) is 3.47. The molecule has 0 radical (unpaired) electrons. The van der Waals surface area contributed by atoms with Crippen molar-refractivity contribution < 1.29 is 9.53 Å². The molecule has 0 unspecified atom stereocenters. The van der Waals surface area contributed by atoms with Crippen molar-refractivity contribution in [3.63, 3.8) is 0 Å². The topological polar surface area (TPSA) is 29.5 Å². The molecule has 3 heteroatoms. The standard InChI is InChI=1S/C8H13NO2/c1-4-6-9(3)8(10)7-11-5-2/h1H,5-7H2,2-3H3. The quantitative estimate of drug-likeness (QED) is 0.539. The first-order valence-electron chi connectivity index (χ1n) is 3.47. The van der Waals surface area contributed by atoms with Gasteiger partial charge >= 0.3 is 0 Å². The lowest BCUT2D eigenvalue weighted by Crippen LogP contribution is -2.30. The smallest absolute Gasteiger partial charge is 0.249 e. The Bertz CT molecular complexity index is 160. The summed E-state index contributed by atoms with van der Waals surface area (Å²) in [5, 5.41) is 0. The Morgan fingerprint density at radius 1 is 1.73 bits per heavy atom. The summed E-state index contributed by atoms with van der Waals surface area (Å²) in [6, 6.07) is 0. The van der Waals surface area contributed by atoms with Crippen molar-refractivity contribution in [2.24, 2.45) is 0 Å². The Labute approximate surface area is 67.3 Å². The normalized spacial score (nSPS) is 8.82. The predicted octanol–water partition coefficient (Wildman–Crippen LogP) is 0.114. The number of hydrogen-bond donors (Lipinski definition) is 0. The minimum atomic E-state index is -0.0789. The Morgan fingerprint density at radius 2 is 2.36 bits per heavy atom. The van der Waals surface area contributed by atoms with Crippen molar-refractivity contribution in [1.29, 1.82) is 0 Å². The second-order valence-corrected chi connectivity index (χ2v) is 2.09. The van der Waals surface area contributed by atoms with Crippen LogP contribution in [0.15, 0.2) is 0 Å². The molecular formula is C8H13NO2.